The summed E-state index contributed by atoms with van der Waals surface area (Å²) in [4.78, 5) is 21.5. The van der Waals surface area contributed by atoms with Gasteiger partial charge in [0.2, 0.25) is 17.6 Å². The van der Waals surface area contributed by atoms with Crippen LogP contribution in [0.4, 0.5) is 0 Å². The lowest BCUT2D eigenvalue weighted by Crippen LogP contribution is -2.48. The van der Waals surface area contributed by atoms with E-state index in [-0.39, 0.29) is 11.9 Å². The summed E-state index contributed by atoms with van der Waals surface area (Å²) in [6, 6.07) is 13.5. The van der Waals surface area contributed by atoms with Crippen molar-refractivity contribution in [1.82, 2.24) is 19.9 Å². The van der Waals surface area contributed by atoms with Gasteiger partial charge < -0.3 is 18.9 Å². The Balaban J connectivity index is 1.34. The normalized spacial score (nSPS) is 15.5. The third-order valence-corrected chi connectivity index (χ3v) is 6.12. The highest BCUT2D eigenvalue weighted by atomic mass is 16.5. The van der Waals surface area contributed by atoms with Crippen LogP contribution in [0, 0.1) is 6.92 Å². The van der Waals surface area contributed by atoms with Crippen molar-refractivity contribution in [3.8, 4) is 22.9 Å². The number of nitrogens with zero attached hydrogens (tertiary/aromatic N) is 4. The monoisotopic (exact) mass is 462 g/mol. The predicted octanol–water partition coefficient (Wildman–Crippen LogP) is 3.98. The van der Waals surface area contributed by atoms with Gasteiger partial charge in [-0.15, -0.1) is 0 Å². The van der Waals surface area contributed by atoms with Gasteiger partial charge in [0.15, 0.2) is 0 Å². The number of piperazine rings is 1. The first-order valence-electron chi connectivity index (χ1n) is 11.3. The molecule has 1 amide bonds. The first-order valence-corrected chi connectivity index (χ1v) is 11.3. The third kappa shape index (κ3) is 5.28. The molecule has 1 aliphatic heterocycles. The molecule has 1 atom stereocenters. The predicted molar refractivity (Wildman–Crippen MR) is 130 cm³/mol. The quantitative estimate of drug-likeness (QED) is 0.491. The zero-order valence-electron chi connectivity index (χ0n) is 20.0. The minimum absolute atomic E-state index is 0.0273. The Hall–Kier alpha value is -3.65. The number of aromatic nitrogens is 2. The number of carbonyl (C=O) groups excluding carboxylic acids is 1. The van der Waals surface area contributed by atoms with E-state index in [9.17, 15) is 4.79 Å². The molecule has 3 aromatic rings. The number of benzene rings is 2. The highest BCUT2D eigenvalue weighted by Gasteiger charge is 2.27. The van der Waals surface area contributed by atoms with Crippen LogP contribution < -0.4 is 9.47 Å². The molecule has 8 heteroatoms. The first-order chi connectivity index (χ1) is 16.5. The maximum absolute atomic E-state index is 12.8. The van der Waals surface area contributed by atoms with Crippen molar-refractivity contribution in [2.24, 2.45) is 0 Å². The largest absolute Gasteiger partial charge is 0.497 e. The van der Waals surface area contributed by atoms with Crippen LogP contribution in [0.2, 0.25) is 0 Å². The lowest BCUT2D eigenvalue weighted by atomic mass is 10.1. The van der Waals surface area contributed by atoms with Gasteiger partial charge in [-0.1, -0.05) is 35.0 Å². The summed E-state index contributed by atoms with van der Waals surface area (Å²) in [6.07, 6.45) is 3.35. The van der Waals surface area contributed by atoms with Gasteiger partial charge in [0.05, 0.1) is 20.3 Å². The van der Waals surface area contributed by atoms with Gasteiger partial charge in [-0.2, -0.15) is 4.98 Å². The molecule has 1 unspecified atom stereocenters. The van der Waals surface area contributed by atoms with Crippen LogP contribution in [-0.4, -0.2) is 66.2 Å². The van der Waals surface area contributed by atoms with Crippen molar-refractivity contribution in [3.05, 3.63) is 65.6 Å². The highest BCUT2D eigenvalue weighted by molar-refractivity contribution is 5.92. The first kappa shape index (κ1) is 23.5. The van der Waals surface area contributed by atoms with Crippen LogP contribution in [-0.2, 0) is 4.79 Å². The van der Waals surface area contributed by atoms with Crippen LogP contribution in [0.1, 0.15) is 30.0 Å². The van der Waals surface area contributed by atoms with E-state index in [4.69, 9.17) is 14.0 Å². The Labute approximate surface area is 199 Å². The zero-order valence-corrected chi connectivity index (χ0v) is 20.0. The van der Waals surface area contributed by atoms with E-state index in [0.29, 0.717) is 36.3 Å². The lowest BCUT2D eigenvalue weighted by Gasteiger charge is -2.36. The Morgan fingerprint density at radius 2 is 1.79 bits per heavy atom. The molecular weight excluding hydrogens is 432 g/mol. The molecule has 1 aliphatic rings. The average Bonchev–Trinajstić information content (AvgIpc) is 3.37. The van der Waals surface area contributed by atoms with Crippen LogP contribution in [0.25, 0.3) is 17.5 Å². The molecule has 2 aromatic carbocycles. The molecule has 178 valence electrons. The minimum Gasteiger partial charge on any atom is -0.497 e. The maximum Gasteiger partial charge on any atom is 0.246 e. The van der Waals surface area contributed by atoms with Gasteiger partial charge in [0.1, 0.15) is 11.5 Å². The Morgan fingerprint density at radius 1 is 1.06 bits per heavy atom. The number of aryl methyl sites for hydroxylation is 1. The van der Waals surface area contributed by atoms with Crippen LogP contribution in [0.3, 0.4) is 0 Å². The van der Waals surface area contributed by atoms with Crippen molar-refractivity contribution in [2.75, 3.05) is 40.4 Å². The number of hydrogen-bond acceptors (Lipinski definition) is 7. The van der Waals surface area contributed by atoms with Gasteiger partial charge >= 0.3 is 0 Å². The number of ether oxygens (including phenoxy) is 2. The molecular formula is C26H30N4O4. The number of amides is 1. The fourth-order valence-electron chi connectivity index (χ4n) is 3.95. The van der Waals surface area contributed by atoms with E-state index >= 15 is 0 Å². The number of methoxy groups -OCH3 is 2. The van der Waals surface area contributed by atoms with Crippen molar-refractivity contribution >= 4 is 12.0 Å². The second kappa shape index (κ2) is 10.5. The van der Waals surface area contributed by atoms with Gasteiger partial charge in [-0.3, -0.25) is 9.69 Å². The van der Waals surface area contributed by atoms with Gasteiger partial charge in [0.25, 0.3) is 0 Å². The molecule has 0 saturated carbocycles. The number of hydrogen-bond donors (Lipinski definition) is 0. The fraction of sp³-hybridized carbons (Fsp3) is 0.346. The van der Waals surface area contributed by atoms with Crippen molar-refractivity contribution < 1.29 is 18.8 Å². The van der Waals surface area contributed by atoms with Gasteiger partial charge in [-0.05, 0) is 38.1 Å². The standard InChI is InChI=1S/C26H30N4O4/c1-18-5-7-20(8-6-18)25-27-26(34-28-25)19(2)29-13-15-30(16-14-29)24(31)12-9-21-17-22(32-3)10-11-23(21)33-4/h5-12,17,19H,13-16H2,1-4H3/b12-9+. The van der Waals surface area contributed by atoms with Gasteiger partial charge in [-0.25, -0.2) is 0 Å². The maximum atomic E-state index is 12.8. The molecule has 1 aromatic heterocycles. The molecule has 1 fully saturated rings. The number of carbonyl (C=O) groups is 1. The molecule has 0 bridgehead atoms. The molecule has 0 aliphatic carbocycles. The second-order valence-corrected chi connectivity index (χ2v) is 8.30. The molecule has 4 rings (SSSR count). The molecule has 0 radical (unpaired) electrons. The SMILES string of the molecule is COc1ccc(OC)c(/C=C/C(=O)N2CCN(C(C)c3nc(-c4ccc(C)cc4)no3)CC2)c1. The summed E-state index contributed by atoms with van der Waals surface area (Å²) in [5.74, 6) is 2.54. The van der Waals surface area contributed by atoms with Crippen LogP contribution in [0.15, 0.2) is 53.1 Å². The van der Waals surface area contributed by atoms with Gasteiger partial charge in [0, 0.05) is 43.4 Å². The topological polar surface area (TPSA) is 80.9 Å². The Kier molecular flexibility index (Phi) is 7.27. The zero-order chi connectivity index (χ0) is 24.1. The van der Waals surface area contributed by atoms with E-state index in [0.717, 1.165) is 24.2 Å². The molecule has 0 spiro atoms. The fourth-order valence-corrected chi connectivity index (χ4v) is 3.95. The summed E-state index contributed by atoms with van der Waals surface area (Å²) in [6.45, 7) is 6.81. The van der Waals surface area contributed by atoms with E-state index in [2.05, 4.69) is 22.0 Å². The second-order valence-electron chi connectivity index (χ2n) is 8.30. The molecule has 2 heterocycles. The molecule has 34 heavy (non-hydrogen) atoms. The minimum atomic E-state index is -0.0309. The third-order valence-electron chi connectivity index (χ3n) is 6.12. The lowest BCUT2D eigenvalue weighted by molar-refractivity contribution is -0.128. The molecule has 8 nitrogen and oxygen atoms in total. The average molecular weight is 463 g/mol. The Morgan fingerprint density at radius 3 is 2.47 bits per heavy atom. The smallest absolute Gasteiger partial charge is 0.246 e. The van der Waals surface area contributed by atoms with Crippen molar-refractivity contribution in [1.29, 1.82) is 0 Å². The summed E-state index contributed by atoms with van der Waals surface area (Å²) in [5.41, 5.74) is 2.91. The summed E-state index contributed by atoms with van der Waals surface area (Å²) in [5, 5.41) is 4.15. The van der Waals surface area contributed by atoms with Crippen molar-refractivity contribution in [2.45, 2.75) is 19.9 Å². The molecule has 1 saturated heterocycles. The van der Waals surface area contributed by atoms with Crippen LogP contribution >= 0.6 is 0 Å². The van der Waals surface area contributed by atoms with E-state index in [1.165, 1.54) is 5.56 Å². The van der Waals surface area contributed by atoms with Crippen LogP contribution in [0.5, 0.6) is 11.5 Å². The van der Waals surface area contributed by atoms with E-state index in [1.54, 1.807) is 26.4 Å². The highest BCUT2D eigenvalue weighted by Crippen LogP contribution is 2.26. The number of rotatable bonds is 7. The summed E-state index contributed by atoms with van der Waals surface area (Å²) >= 11 is 0. The van der Waals surface area contributed by atoms with Crippen molar-refractivity contribution in [3.63, 3.8) is 0 Å². The summed E-state index contributed by atoms with van der Waals surface area (Å²) in [7, 11) is 3.22. The molecule has 0 N–H and O–H groups in total. The van der Waals surface area contributed by atoms with E-state index < -0.39 is 0 Å². The Bertz CT molecular complexity index is 1150. The summed E-state index contributed by atoms with van der Waals surface area (Å²) < 4.78 is 16.2. The van der Waals surface area contributed by atoms with E-state index in [1.807, 2.05) is 54.3 Å².